The smallest absolute Gasteiger partial charge is 0.438 e. The van der Waals surface area contributed by atoms with Gasteiger partial charge in [0.25, 0.3) is 5.91 Å². The van der Waals surface area contributed by atoms with Crippen LogP contribution in [0.15, 0.2) is 48.5 Å². The highest BCUT2D eigenvalue weighted by atomic mass is 32.2. The van der Waals surface area contributed by atoms with Crippen LogP contribution in [0.1, 0.15) is 35.2 Å². The number of carboxylic acid groups (broad SMARTS) is 2. The van der Waals surface area contributed by atoms with E-state index in [9.17, 15) is 19.5 Å². The predicted octanol–water partition coefficient (Wildman–Crippen LogP) is 4.39. The maximum atomic E-state index is 11.4. The van der Waals surface area contributed by atoms with Crippen molar-refractivity contribution in [2.45, 2.75) is 25.7 Å². The lowest BCUT2D eigenvalue weighted by Crippen LogP contribution is -2.33. The van der Waals surface area contributed by atoms with E-state index in [0.29, 0.717) is 5.75 Å². The van der Waals surface area contributed by atoms with Crippen molar-refractivity contribution in [1.29, 1.82) is 0 Å². The van der Waals surface area contributed by atoms with Crippen LogP contribution in [0.25, 0.3) is 11.1 Å². The van der Waals surface area contributed by atoms with Crippen molar-refractivity contribution in [3.8, 4) is 11.1 Å². The third-order valence-electron chi connectivity index (χ3n) is 4.24. The van der Waals surface area contributed by atoms with Crippen LogP contribution in [0, 0.1) is 0 Å². The zero-order chi connectivity index (χ0) is 21.2. The SMILES string of the molecule is O=C(O)c1cc(CCCCCSCC(=O)N(O)C(=O)O)cc(-c2ccccc2)c1. The van der Waals surface area contributed by atoms with E-state index in [1.54, 1.807) is 12.1 Å². The van der Waals surface area contributed by atoms with Gasteiger partial charge in [0, 0.05) is 0 Å². The van der Waals surface area contributed by atoms with Gasteiger partial charge in [0.1, 0.15) is 0 Å². The predicted molar refractivity (Wildman–Crippen MR) is 110 cm³/mol. The quantitative estimate of drug-likeness (QED) is 0.298. The lowest BCUT2D eigenvalue weighted by molar-refractivity contribution is -0.152. The van der Waals surface area contributed by atoms with E-state index in [2.05, 4.69) is 0 Å². The second-order valence-electron chi connectivity index (χ2n) is 6.44. The van der Waals surface area contributed by atoms with Crippen LogP contribution in [-0.4, -0.2) is 50.0 Å². The number of thioether (sulfide) groups is 1. The Morgan fingerprint density at radius 2 is 1.62 bits per heavy atom. The molecule has 29 heavy (non-hydrogen) atoms. The van der Waals surface area contributed by atoms with Gasteiger partial charge in [0.15, 0.2) is 0 Å². The lowest BCUT2D eigenvalue weighted by atomic mass is 9.97. The van der Waals surface area contributed by atoms with Crippen LogP contribution in [0.3, 0.4) is 0 Å². The van der Waals surface area contributed by atoms with Crippen molar-refractivity contribution in [2.75, 3.05) is 11.5 Å². The minimum Gasteiger partial charge on any atom is -0.478 e. The summed E-state index contributed by atoms with van der Waals surface area (Å²) in [5.74, 6) is -1.24. The van der Waals surface area contributed by atoms with Gasteiger partial charge in [0.05, 0.1) is 11.3 Å². The van der Waals surface area contributed by atoms with Crippen LogP contribution in [0.5, 0.6) is 0 Å². The summed E-state index contributed by atoms with van der Waals surface area (Å²) < 4.78 is 0. The van der Waals surface area contributed by atoms with Crippen LogP contribution >= 0.6 is 11.8 Å². The molecule has 0 atom stereocenters. The Kier molecular flexibility index (Phi) is 8.69. The average molecular weight is 417 g/mol. The Morgan fingerprint density at radius 1 is 0.897 bits per heavy atom. The highest BCUT2D eigenvalue weighted by Gasteiger charge is 2.17. The number of carboxylic acids is 1. The standard InChI is InChI=1S/C21H23NO6S/c23-19(22(28)21(26)27)14-29-10-6-2-3-7-15-11-17(13-18(12-15)20(24)25)16-8-4-1-5-9-16/h1,4-5,8-9,11-13,28H,2-3,6-7,10,14H2,(H,24,25)(H,26,27). The Bertz CT molecular complexity index is 856. The zero-order valence-corrected chi connectivity index (χ0v) is 16.6. The summed E-state index contributed by atoms with van der Waals surface area (Å²) in [6, 6.07) is 15.0. The minimum atomic E-state index is -1.69. The van der Waals surface area contributed by atoms with E-state index in [1.807, 2.05) is 36.4 Å². The molecule has 0 saturated carbocycles. The number of rotatable bonds is 10. The molecule has 3 N–H and O–H groups in total. The molecule has 8 heteroatoms. The van der Waals surface area contributed by atoms with E-state index < -0.39 is 18.0 Å². The number of imide groups is 1. The fourth-order valence-electron chi connectivity index (χ4n) is 2.79. The topological polar surface area (TPSA) is 115 Å². The van der Waals surface area contributed by atoms with Crippen LogP contribution in [-0.2, 0) is 11.2 Å². The van der Waals surface area contributed by atoms with Gasteiger partial charge in [-0.1, -0.05) is 42.8 Å². The van der Waals surface area contributed by atoms with Crippen LogP contribution < -0.4 is 0 Å². The van der Waals surface area contributed by atoms with Crippen molar-refractivity contribution in [2.24, 2.45) is 0 Å². The summed E-state index contributed by atoms with van der Waals surface area (Å²) in [5, 5.41) is 26.5. The Balaban J connectivity index is 1.82. The van der Waals surface area contributed by atoms with E-state index >= 15 is 0 Å². The molecular formula is C21H23NO6S. The molecule has 0 heterocycles. The number of nitrogens with zero attached hydrogens (tertiary/aromatic N) is 1. The number of benzene rings is 2. The number of carbonyl (C=O) groups is 3. The molecule has 0 spiro atoms. The maximum Gasteiger partial charge on any atom is 0.438 e. The third kappa shape index (κ3) is 7.24. The number of aryl methyl sites for hydroxylation is 1. The molecule has 2 aromatic rings. The van der Waals surface area contributed by atoms with Gasteiger partial charge in [-0.3, -0.25) is 10.0 Å². The van der Waals surface area contributed by atoms with Crippen molar-refractivity contribution in [3.63, 3.8) is 0 Å². The molecule has 2 aromatic carbocycles. The minimum absolute atomic E-state index is 0.0934. The largest absolute Gasteiger partial charge is 0.478 e. The first-order valence-corrected chi connectivity index (χ1v) is 10.3. The molecular weight excluding hydrogens is 394 g/mol. The maximum absolute atomic E-state index is 11.4. The molecule has 0 aliphatic heterocycles. The zero-order valence-electron chi connectivity index (χ0n) is 15.8. The number of hydrogen-bond donors (Lipinski definition) is 3. The summed E-state index contributed by atoms with van der Waals surface area (Å²) in [4.78, 5) is 33.2. The van der Waals surface area contributed by atoms with Crippen molar-refractivity contribution < 1.29 is 29.8 Å². The molecule has 154 valence electrons. The van der Waals surface area contributed by atoms with Gasteiger partial charge in [0.2, 0.25) is 0 Å². The van der Waals surface area contributed by atoms with Gasteiger partial charge in [-0.15, -0.1) is 5.06 Å². The first-order valence-electron chi connectivity index (χ1n) is 9.13. The van der Waals surface area contributed by atoms with E-state index in [1.165, 1.54) is 11.8 Å². The second-order valence-corrected chi connectivity index (χ2v) is 7.55. The van der Waals surface area contributed by atoms with Crippen molar-refractivity contribution in [3.05, 3.63) is 59.7 Å². The average Bonchev–Trinajstić information content (AvgIpc) is 2.72. The molecule has 0 bridgehead atoms. The summed E-state index contributed by atoms with van der Waals surface area (Å²) in [5.41, 5.74) is 3.07. The Labute approximate surface area is 172 Å². The van der Waals surface area contributed by atoms with Crippen LogP contribution in [0.2, 0.25) is 0 Å². The van der Waals surface area contributed by atoms with Gasteiger partial charge in [-0.05, 0) is 53.8 Å². The summed E-state index contributed by atoms with van der Waals surface area (Å²) >= 11 is 1.27. The lowest BCUT2D eigenvalue weighted by Gasteiger charge is -2.09. The van der Waals surface area contributed by atoms with Crippen LogP contribution in [0.4, 0.5) is 4.79 Å². The molecule has 0 fully saturated rings. The fourth-order valence-corrected chi connectivity index (χ4v) is 3.64. The molecule has 0 aliphatic rings. The molecule has 0 saturated heterocycles. The van der Waals surface area contributed by atoms with Gasteiger partial charge in [-0.2, -0.15) is 11.8 Å². The number of hydrogen-bond acceptors (Lipinski definition) is 5. The number of amides is 2. The molecule has 7 nitrogen and oxygen atoms in total. The fraction of sp³-hybridized carbons (Fsp3) is 0.286. The molecule has 0 aliphatic carbocycles. The van der Waals surface area contributed by atoms with Gasteiger partial charge >= 0.3 is 12.1 Å². The molecule has 2 rings (SSSR count). The second kappa shape index (κ2) is 11.2. The first kappa shape index (κ1) is 22.4. The molecule has 0 radical (unpaired) electrons. The van der Waals surface area contributed by atoms with E-state index in [4.69, 9.17) is 10.3 Å². The van der Waals surface area contributed by atoms with Crippen molar-refractivity contribution >= 4 is 29.7 Å². The monoisotopic (exact) mass is 417 g/mol. The van der Waals surface area contributed by atoms with Crippen molar-refractivity contribution in [1.82, 2.24) is 5.06 Å². The highest BCUT2D eigenvalue weighted by Crippen LogP contribution is 2.23. The third-order valence-corrected chi connectivity index (χ3v) is 5.27. The molecule has 0 unspecified atom stereocenters. The summed E-state index contributed by atoms with van der Waals surface area (Å²) in [7, 11) is 0. The normalized spacial score (nSPS) is 10.5. The van der Waals surface area contributed by atoms with Gasteiger partial charge < -0.3 is 10.2 Å². The van der Waals surface area contributed by atoms with Gasteiger partial charge in [-0.25, -0.2) is 9.59 Å². The molecule has 0 aromatic heterocycles. The van der Waals surface area contributed by atoms with E-state index in [-0.39, 0.29) is 16.4 Å². The number of aromatic carboxylic acids is 1. The number of carbonyl (C=O) groups excluding carboxylic acids is 1. The summed E-state index contributed by atoms with van der Waals surface area (Å²) in [6.07, 6.45) is 1.65. The Hall–Kier alpha value is -2.84. The Morgan fingerprint density at radius 3 is 2.28 bits per heavy atom. The number of unbranched alkanes of at least 4 members (excludes halogenated alkanes) is 2. The number of hydroxylamine groups is 2. The molecule has 2 amide bonds. The highest BCUT2D eigenvalue weighted by molar-refractivity contribution is 7.99. The summed E-state index contributed by atoms with van der Waals surface area (Å²) in [6.45, 7) is 0. The first-order chi connectivity index (χ1) is 13.9. The van der Waals surface area contributed by atoms with E-state index in [0.717, 1.165) is 42.4 Å².